The van der Waals surface area contributed by atoms with Gasteiger partial charge in [-0.15, -0.1) is 0 Å². The van der Waals surface area contributed by atoms with Gasteiger partial charge in [-0.25, -0.2) is 0 Å². The summed E-state index contributed by atoms with van der Waals surface area (Å²) < 4.78 is 6.94. The van der Waals surface area contributed by atoms with Crippen molar-refractivity contribution in [3.63, 3.8) is 0 Å². The summed E-state index contributed by atoms with van der Waals surface area (Å²) in [5.74, 6) is 1.01. The monoisotopic (exact) mass is 366 g/mol. The summed E-state index contributed by atoms with van der Waals surface area (Å²) >= 11 is 0. The molecular weight excluding hydrogens is 344 g/mol. The van der Waals surface area contributed by atoms with Crippen LogP contribution in [0.5, 0.6) is 0 Å². The second kappa shape index (κ2) is 7.26. The van der Waals surface area contributed by atoms with Crippen molar-refractivity contribution in [2.45, 2.75) is 26.3 Å². The molecule has 0 radical (unpaired) electrons. The number of carbonyl (C=O) groups excluding carboxylic acids is 2. The second-order valence-electron chi connectivity index (χ2n) is 6.97. The van der Waals surface area contributed by atoms with Crippen molar-refractivity contribution >= 4 is 28.5 Å². The zero-order chi connectivity index (χ0) is 18.8. The number of nitrogens with one attached hydrogen (secondary N) is 1. The molecule has 3 heterocycles. The lowest BCUT2D eigenvalue weighted by molar-refractivity contribution is -0.135. The fourth-order valence-corrected chi connectivity index (χ4v) is 3.57. The maximum atomic E-state index is 12.7. The third kappa shape index (κ3) is 3.72. The van der Waals surface area contributed by atoms with Crippen LogP contribution in [0.15, 0.2) is 47.1 Å². The Morgan fingerprint density at radius 1 is 1.22 bits per heavy atom. The van der Waals surface area contributed by atoms with Gasteiger partial charge in [0.1, 0.15) is 12.3 Å². The molecule has 7 nitrogen and oxygen atoms in total. The molecule has 140 valence electrons. The quantitative estimate of drug-likeness (QED) is 0.770. The summed E-state index contributed by atoms with van der Waals surface area (Å²) in [7, 11) is 0. The molecule has 4 rings (SSSR count). The van der Waals surface area contributed by atoms with E-state index >= 15 is 0 Å². The number of aryl methyl sites for hydroxylation is 1. The molecule has 0 saturated carbocycles. The van der Waals surface area contributed by atoms with Crippen molar-refractivity contribution in [2.24, 2.45) is 5.92 Å². The van der Waals surface area contributed by atoms with Crippen LogP contribution < -0.4 is 5.32 Å². The molecule has 1 fully saturated rings. The summed E-state index contributed by atoms with van der Waals surface area (Å²) in [6, 6.07) is 11.7. The molecule has 27 heavy (non-hydrogen) atoms. The number of para-hydroxylation sites is 1. The van der Waals surface area contributed by atoms with Gasteiger partial charge in [0.2, 0.25) is 11.8 Å². The Bertz CT molecular complexity index is 966. The normalized spacial score (nSPS) is 15.2. The average Bonchev–Trinajstić information content (AvgIpc) is 3.28. The van der Waals surface area contributed by atoms with E-state index in [0.29, 0.717) is 44.1 Å². The Kier molecular flexibility index (Phi) is 4.66. The lowest BCUT2D eigenvalue weighted by Gasteiger charge is -2.31. The molecule has 0 aliphatic carbocycles. The average molecular weight is 366 g/mol. The maximum absolute atomic E-state index is 12.7. The molecule has 1 aromatic carbocycles. The van der Waals surface area contributed by atoms with Crippen LogP contribution >= 0.6 is 0 Å². The van der Waals surface area contributed by atoms with Crippen molar-refractivity contribution in [2.75, 3.05) is 18.4 Å². The molecule has 0 spiro atoms. The standard InChI is InChI=1S/C20H22N4O3/c1-14-12-18(22-27-14)21-20(26)16-7-9-23(10-8-16)19(25)13-24-11-6-15-4-2-3-5-17(15)24/h2-6,11-12,16H,7-10,13H2,1H3,(H,21,22,26). The number of benzene rings is 1. The van der Waals surface area contributed by atoms with Gasteiger partial charge < -0.3 is 19.3 Å². The third-order valence-electron chi connectivity index (χ3n) is 5.08. The first-order valence-corrected chi connectivity index (χ1v) is 9.16. The van der Waals surface area contributed by atoms with E-state index in [1.807, 2.05) is 46.0 Å². The second-order valence-corrected chi connectivity index (χ2v) is 6.97. The van der Waals surface area contributed by atoms with Crippen LogP contribution in [0.2, 0.25) is 0 Å². The van der Waals surface area contributed by atoms with Crippen LogP contribution in [-0.4, -0.2) is 39.5 Å². The van der Waals surface area contributed by atoms with Gasteiger partial charge in [0.25, 0.3) is 0 Å². The number of nitrogens with zero attached hydrogens (tertiary/aromatic N) is 3. The predicted molar refractivity (Wildman–Crippen MR) is 101 cm³/mol. The summed E-state index contributed by atoms with van der Waals surface area (Å²) in [6.07, 6.45) is 3.25. The number of amides is 2. The minimum atomic E-state index is -0.113. The third-order valence-corrected chi connectivity index (χ3v) is 5.08. The van der Waals surface area contributed by atoms with E-state index in [2.05, 4.69) is 10.5 Å². The largest absolute Gasteiger partial charge is 0.360 e. The molecule has 2 amide bonds. The van der Waals surface area contributed by atoms with E-state index in [0.717, 1.165) is 10.9 Å². The number of anilines is 1. The van der Waals surface area contributed by atoms with Crippen LogP contribution in [0.25, 0.3) is 10.9 Å². The summed E-state index contributed by atoms with van der Waals surface area (Å²) in [6.45, 7) is 3.28. The van der Waals surface area contributed by atoms with E-state index in [-0.39, 0.29) is 17.7 Å². The molecule has 0 atom stereocenters. The molecule has 7 heteroatoms. The first-order valence-electron chi connectivity index (χ1n) is 9.16. The van der Waals surface area contributed by atoms with Crippen molar-refractivity contribution in [1.82, 2.24) is 14.6 Å². The predicted octanol–water partition coefficient (Wildman–Crippen LogP) is 2.82. The minimum Gasteiger partial charge on any atom is -0.360 e. The van der Waals surface area contributed by atoms with E-state index < -0.39 is 0 Å². The summed E-state index contributed by atoms with van der Waals surface area (Å²) in [5, 5.41) is 7.70. The van der Waals surface area contributed by atoms with Gasteiger partial charge in [-0.2, -0.15) is 0 Å². The number of rotatable bonds is 4. The van der Waals surface area contributed by atoms with E-state index in [1.165, 1.54) is 0 Å². The highest BCUT2D eigenvalue weighted by Gasteiger charge is 2.28. The van der Waals surface area contributed by atoms with Crippen LogP contribution in [0.1, 0.15) is 18.6 Å². The van der Waals surface area contributed by atoms with E-state index in [9.17, 15) is 9.59 Å². The van der Waals surface area contributed by atoms with Gasteiger partial charge in [-0.3, -0.25) is 9.59 Å². The molecule has 1 aliphatic heterocycles. The Balaban J connectivity index is 1.32. The number of hydrogen-bond donors (Lipinski definition) is 1. The SMILES string of the molecule is Cc1cc(NC(=O)C2CCN(C(=O)Cn3ccc4ccccc43)CC2)no1. The molecule has 1 N–H and O–H groups in total. The number of hydrogen-bond acceptors (Lipinski definition) is 4. The smallest absolute Gasteiger partial charge is 0.242 e. The number of fused-ring (bicyclic) bond motifs is 1. The molecule has 0 bridgehead atoms. The van der Waals surface area contributed by atoms with Crippen molar-refractivity contribution in [3.8, 4) is 0 Å². The fourth-order valence-electron chi connectivity index (χ4n) is 3.57. The van der Waals surface area contributed by atoms with Crippen molar-refractivity contribution < 1.29 is 14.1 Å². The summed E-state index contributed by atoms with van der Waals surface area (Å²) in [5.41, 5.74) is 1.06. The molecule has 3 aromatic rings. The van der Waals surface area contributed by atoms with Crippen LogP contribution in [-0.2, 0) is 16.1 Å². The van der Waals surface area contributed by atoms with Crippen LogP contribution in [0.3, 0.4) is 0 Å². The fraction of sp³-hybridized carbons (Fsp3) is 0.350. The number of piperidine rings is 1. The topological polar surface area (TPSA) is 80.4 Å². The van der Waals surface area contributed by atoms with Crippen molar-refractivity contribution in [3.05, 3.63) is 48.4 Å². The van der Waals surface area contributed by atoms with Gasteiger partial charge in [-0.1, -0.05) is 23.4 Å². The van der Waals surface area contributed by atoms with Gasteiger partial charge >= 0.3 is 0 Å². The van der Waals surface area contributed by atoms with E-state index in [1.54, 1.807) is 13.0 Å². The highest BCUT2D eigenvalue weighted by molar-refractivity contribution is 5.92. The lowest BCUT2D eigenvalue weighted by Crippen LogP contribution is -2.42. The number of aromatic nitrogens is 2. The first-order chi connectivity index (χ1) is 13.1. The summed E-state index contributed by atoms with van der Waals surface area (Å²) in [4.78, 5) is 26.9. The molecule has 0 unspecified atom stereocenters. The Hall–Kier alpha value is -3.09. The highest BCUT2D eigenvalue weighted by Crippen LogP contribution is 2.21. The molecule has 2 aromatic heterocycles. The number of carbonyl (C=O) groups is 2. The zero-order valence-electron chi connectivity index (χ0n) is 15.2. The van der Waals surface area contributed by atoms with Crippen LogP contribution in [0, 0.1) is 12.8 Å². The minimum absolute atomic E-state index is 0.0631. The lowest BCUT2D eigenvalue weighted by atomic mass is 9.96. The Morgan fingerprint density at radius 3 is 2.74 bits per heavy atom. The van der Waals surface area contributed by atoms with Gasteiger partial charge in [0.15, 0.2) is 5.82 Å². The first kappa shape index (κ1) is 17.3. The molecule has 1 aliphatic rings. The van der Waals surface area contributed by atoms with Gasteiger partial charge in [0, 0.05) is 36.8 Å². The molecule has 1 saturated heterocycles. The van der Waals surface area contributed by atoms with Crippen molar-refractivity contribution in [1.29, 1.82) is 0 Å². The Morgan fingerprint density at radius 2 is 2.00 bits per heavy atom. The molecular formula is C20H22N4O3. The van der Waals surface area contributed by atoms with Gasteiger partial charge in [-0.05, 0) is 37.3 Å². The maximum Gasteiger partial charge on any atom is 0.242 e. The van der Waals surface area contributed by atoms with Gasteiger partial charge in [0.05, 0.1) is 0 Å². The zero-order valence-corrected chi connectivity index (χ0v) is 15.2. The highest BCUT2D eigenvalue weighted by atomic mass is 16.5. The van der Waals surface area contributed by atoms with Crippen LogP contribution in [0.4, 0.5) is 5.82 Å². The Labute approximate surface area is 156 Å². The number of likely N-dealkylation sites (tertiary alicyclic amines) is 1. The van der Waals surface area contributed by atoms with E-state index in [4.69, 9.17) is 4.52 Å².